The molecule has 2 aromatic carbocycles. The van der Waals surface area contributed by atoms with E-state index in [2.05, 4.69) is 21.3 Å². The highest BCUT2D eigenvalue weighted by atomic mass is 35.5. The highest BCUT2D eigenvalue weighted by molar-refractivity contribution is 6.30. The molecule has 172 valence electrons. The first kappa shape index (κ1) is 22.3. The van der Waals surface area contributed by atoms with Crippen LogP contribution in [0.3, 0.4) is 0 Å². The number of hydrogen-bond donors (Lipinski definition) is 1. The standard InChI is InChI=1S/C27H25ClN4O2/c1-34-25-10-9-19(28)14-18(25)15-20(33)16-32-13-11-24-22(17-32)27(31-26-8-4-5-12-29-26)21-6-2-3-7-23(21)30-24/h2-10,12,14H,11,13,15-17H2,1H3,(H,29,30,31). The fraction of sp³-hybridized carbons (Fsp3) is 0.222. The van der Waals surface area contributed by atoms with E-state index in [-0.39, 0.29) is 12.2 Å². The smallest absolute Gasteiger partial charge is 0.151 e. The van der Waals surface area contributed by atoms with E-state index >= 15 is 0 Å². The van der Waals surface area contributed by atoms with Crippen LogP contribution in [0.4, 0.5) is 11.5 Å². The summed E-state index contributed by atoms with van der Waals surface area (Å²) in [6.07, 6.45) is 2.83. The second-order valence-corrected chi connectivity index (χ2v) is 8.84. The lowest BCUT2D eigenvalue weighted by Crippen LogP contribution is -2.36. The number of aromatic nitrogens is 2. The Morgan fingerprint density at radius 3 is 2.82 bits per heavy atom. The molecule has 1 aliphatic heterocycles. The van der Waals surface area contributed by atoms with Crippen LogP contribution in [0.5, 0.6) is 5.75 Å². The lowest BCUT2D eigenvalue weighted by molar-refractivity contribution is -0.119. The first-order valence-electron chi connectivity index (χ1n) is 11.3. The van der Waals surface area contributed by atoms with Gasteiger partial charge in [-0.05, 0) is 36.4 Å². The molecule has 5 rings (SSSR count). The van der Waals surface area contributed by atoms with Gasteiger partial charge >= 0.3 is 0 Å². The number of nitrogens with one attached hydrogen (secondary N) is 1. The van der Waals surface area contributed by atoms with Gasteiger partial charge in [-0.15, -0.1) is 0 Å². The van der Waals surface area contributed by atoms with Crippen molar-refractivity contribution in [2.24, 2.45) is 0 Å². The van der Waals surface area contributed by atoms with Crippen LogP contribution in [0, 0.1) is 0 Å². The molecular formula is C27H25ClN4O2. The van der Waals surface area contributed by atoms with Gasteiger partial charge in [0.15, 0.2) is 5.78 Å². The van der Waals surface area contributed by atoms with Crippen LogP contribution < -0.4 is 10.1 Å². The number of pyridine rings is 2. The van der Waals surface area contributed by atoms with Gasteiger partial charge in [-0.2, -0.15) is 0 Å². The third-order valence-corrected chi connectivity index (χ3v) is 6.31. The van der Waals surface area contributed by atoms with E-state index in [4.69, 9.17) is 21.3 Å². The summed E-state index contributed by atoms with van der Waals surface area (Å²) >= 11 is 6.14. The van der Waals surface area contributed by atoms with Crippen molar-refractivity contribution in [2.75, 3.05) is 25.5 Å². The predicted octanol–water partition coefficient (Wildman–Crippen LogP) is 5.21. The highest BCUT2D eigenvalue weighted by Gasteiger charge is 2.24. The van der Waals surface area contributed by atoms with Crippen LogP contribution in [0.1, 0.15) is 16.8 Å². The Bertz CT molecular complexity index is 1340. The number of para-hydroxylation sites is 1. The second kappa shape index (κ2) is 9.79. The Morgan fingerprint density at radius 2 is 2.00 bits per heavy atom. The van der Waals surface area contributed by atoms with Crippen LogP contribution in [-0.4, -0.2) is 40.9 Å². The van der Waals surface area contributed by atoms with E-state index in [0.29, 0.717) is 23.9 Å². The summed E-state index contributed by atoms with van der Waals surface area (Å²) < 4.78 is 5.40. The molecule has 0 amide bonds. The topological polar surface area (TPSA) is 67.3 Å². The Balaban J connectivity index is 1.40. The Hall–Kier alpha value is -3.48. The Kier molecular flexibility index (Phi) is 6.43. The average molecular weight is 473 g/mol. The highest BCUT2D eigenvalue weighted by Crippen LogP contribution is 2.34. The molecule has 0 bridgehead atoms. The summed E-state index contributed by atoms with van der Waals surface area (Å²) in [4.78, 5) is 24.5. The van der Waals surface area contributed by atoms with E-state index in [1.165, 1.54) is 0 Å². The van der Waals surface area contributed by atoms with Crippen LogP contribution in [0.15, 0.2) is 66.9 Å². The van der Waals surface area contributed by atoms with Gasteiger partial charge in [0.1, 0.15) is 11.6 Å². The van der Waals surface area contributed by atoms with Crippen molar-refractivity contribution < 1.29 is 9.53 Å². The molecule has 0 fully saturated rings. The van der Waals surface area contributed by atoms with Gasteiger partial charge in [-0.1, -0.05) is 35.9 Å². The summed E-state index contributed by atoms with van der Waals surface area (Å²) in [5, 5.41) is 5.16. The maximum Gasteiger partial charge on any atom is 0.151 e. The quantitative estimate of drug-likeness (QED) is 0.398. The SMILES string of the molecule is COc1ccc(Cl)cc1CC(=O)CN1CCc2nc3ccccc3c(Nc3ccccn3)c2C1. The van der Waals surface area contributed by atoms with E-state index in [9.17, 15) is 4.79 Å². The van der Waals surface area contributed by atoms with E-state index < -0.39 is 0 Å². The first-order chi connectivity index (χ1) is 16.6. The lowest BCUT2D eigenvalue weighted by atomic mass is 9.99. The van der Waals surface area contributed by atoms with E-state index in [1.54, 1.807) is 31.5 Å². The average Bonchev–Trinajstić information content (AvgIpc) is 2.85. The fourth-order valence-corrected chi connectivity index (χ4v) is 4.69. The molecule has 0 radical (unpaired) electrons. The molecule has 6 nitrogen and oxygen atoms in total. The zero-order chi connectivity index (χ0) is 23.5. The maximum absolute atomic E-state index is 13.0. The van der Waals surface area contributed by atoms with Gasteiger partial charge in [0.05, 0.1) is 24.9 Å². The number of anilines is 2. The minimum atomic E-state index is 0.122. The number of ether oxygens (including phenoxy) is 1. The molecule has 34 heavy (non-hydrogen) atoms. The number of hydrogen-bond acceptors (Lipinski definition) is 6. The number of halogens is 1. The molecular weight excluding hydrogens is 448 g/mol. The summed E-state index contributed by atoms with van der Waals surface area (Å²) in [7, 11) is 1.60. The lowest BCUT2D eigenvalue weighted by Gasteiger charge is -2.30. The number of ketones is 1. The number of methoxy groups -OCH3 is 1. The minimum absolute atomic E-state index is 0.122. The first-order valence-corrected chi connectivity index (χ1v) is 11.6. The predicted molar refractivity (Wildman–Crippen MR) is 135 cm³/mol. The van der Waals surface area contributed by atoms with Crippen molar-refractivity contribution in [3.8, 4) is 5.75 Å². The molecule has 3 heterocycles. The number of carbonyl (C=O) groups is 1. The number of rotatable bonds is 7. The number of carbonyl (C=O) groups excluding carboxylic acids is 1. The molecule has 2 aromatic heterocycles. The largest absolute Gasteiger partial charge is 0.496 e. The summed E-state index contributed by atoms with van der Waals surface area (Å²) in [5.41, 5.74) is 4.95. The minimum Gasteiger partial charge on any atom is -0.496 e. The molecule has 0 spiro atoms. The van der Waals surface area contributed by atoms with Gasteiger partial charge in [0.2, 0.25) is 0 Å². The molecule has 0 unspecified atom stereocenters. The van der Waals surface area contributed by atoms with Crippen molar-refractivity contribution in [3.05, 3.63) is 88.7 Å². The van der Waals surface area contributed by atoms with Crippen molar-refractivity contribution in [1.82, 2.24) is 14.9 Å². The van der Waals surface area contributed by atoms with Gasteiger partial charge in [-0.25, -0.2) is 4.98 Å². The number of fused-ring (bicyclic) bond motifs is 2. The van der Waals surface area contributed by atoms with Gasteiger partial charge in [0, 0.05) is 59.4 Å². The summed E-state index contributed by atoms with van der Waals surface area (Å²) in [6.45, 7) is 1.77. The van der Waals surface area contributed by atoms with E-state index in [0.717, 1.165) is 52.2 Å². The summed E-state index contributed by atoms with van der Waals surface area (Å²) in [6, 6.07) is 19.3. The molecule has 1 N–H and O–H groups in total. The number of Topliss-reactive ketones (excluding diaryl/α,β-unsaturated/α-hetero) is 1. The molecule has 0 aliphatic carbocycles. The van der Waals surface area contributed by atoms with Gasteiger partial charge in [-0.3, -0.25) is 14.7 Å². The third-order valence-electron chi connectivity index (χ3n) is 6.07. The van der Waals surface area contributed by atoms with E-state index in [1.807, 2.05) is 36.4 Å². The molecule has 4 aromatic rings. The Labute approximate surface area is 203 Å². The normalized spacial score (nSPS) is 13.5. The number of benzene rings is 2. The van der Waals surface area contributed by atoms with Crippen molar-refractivity contribution in [2.45, 2.75) is 19.4 Å². The Morgan fingerprint density at radius 1 is 1.15 bits per heavy atom. The second-order valence-electron chi connectivity index (χ2n) is 8.40. The van der Waals surface area contributed by atoms with Crippen LogP contribution in [0.2, 0.25) is 5.02 Å². The molecule has 0 atom stereocenters. The van der Waals surface area contributed by atoms with Crippen molar-refractivity contribution >= 4 is 39.8 Å². The van der Waals surface area contributed by atoms with Crippen LogP contribution in [-0.2, 0) is 24.2 Å². The zero-order valence-corrected chi connectivity index (χ0v) is 19.7. The monoisotopic (exact) mass is 472 g/mol. The fourth-order valence-electron chi connectivity index (χ4n) is 4.49. The van der Waals surface area contributed by atoms with Gasteiger partial charge in [0.25, 0.3) is 0 Å². The zero-order valence-electron chi connectivity index (χ0n) is 18.9. The van der Waals surface area contributed by atoms with Crippen LogP contribution in [0.25, 0.3) is 10.9 Å². The molecule has 0 saturated carbocycles. The van der Waals surface area contributed by atoms with Crippen molar-refractivity contribution in [1.29, 1.82) is 0 Å². The maximum atomic E-state index is 13.0. The third kappa shape index (κ3) is 4.74. The van der Waals surface area contributed by atoms with Gasteiger partial charge < -0.3 is 10.1 Å². The van der Waals surface area contributed by atoms with Crippen LogP contribution >= 0.6 is 11.6 Å². The molecule has 0 saturated heterocycles. The molecule has 7 heteroatoms. The van der Waals surface area contributed by atoms with Crippen molar-refractivity contribution in [3.63, 3.8) is 0 Å². The number of nitrogens with zero attached hydrogens (tertiary/aromatic N) is 3. The summed E-state index contributed by atoms with van der Waals surface area (Å²) in [5.74, 6) is 1.58. The molecule has 1 aliphatic rings.